The number of aromatic nitrogens is 3. The molecule has 0 saturated heterocycles. The monoisotopic (exact) mass is 483 g/mol. The van der Waals surface area contributed by atoms with E-state index in [1.54, 1.807) is 36.7 Å². The number of alkyl halides is 3. The molecule has 0 atom stereocenters. The van der Waals surface area contributed by atoms with Crippen molar-refractivity contribution in [3.63, 3.8) is 0 Å². The molecular formula is C25H20F3N3O2S. The molecule has 2 aromatic heterocycles. The van der Waals surface area contributed by atoms with Crippen LogP contribution in [-0.4, -0.2) is 27.3 Å². The van der Waals surface area contributed by atoms with Crippen LogP contribution in [0.25, 0.3) is 23.4 Å². The van der Waals surface area contributed by atoms with Gasteiger partial charge in [-0.3, -0.25) is 4.68 Å². The second kappa shape index (κ2) is 10.0. The molecule has 0 radical (unpaired) electrons. The Morgan fingerprint density at radius 1 is 1.12 bits per heavy atom. The van der Waals surface area contributed by atoms with Crippen molar-refractivity contribution >= 4 is 29.5 Å². The molecule has 0 unspecified atom stereocenters. The number of halogens is 3. The number of esters is 1. The molecule has 9 heteroatoms. The lowest BCUT2D eigenvalue weighted by Crippen LogP contribution is -2.05. The summed E-state index contributed by atoms with van der Waals surface area (Å²) in [7, 11) is 0. The third-order valence-electron chi connectivity index (χ3n) is 4.84. The number of hydrogen-bond donors (Lipinski definition) is 0. The molecule has 0 aliphatic carbocycles. The van der Waals surface area contributed by atoms with Crippen molar-refractivity contribution in [3.8, 4) is 11.3 Å². The van der Waals surface area contributed by atoms with Gasteiger partial charge in [-0.2, -0.15) is 18.3 Å². The summed E-state index contributed by atoms with van der Waals surface area (Å²) in [5, 5.41) is 6.49. The molecule has 0 saturated carbocycles. The predicted octanol–water partition coefficient (Wildman–Crippen LogP) is 6.42. The fourth-order valence-electron chi connectivity index (χ4n) is 3.24. The van der Waals surface area contributed by atoms with Gasteiger partial charge in [0.2, 0.25) is 0 Å². The fourth-order valence-corrected chi connectivity index (χ4v) is 4.03. The molecule has 2 heterocycles. The maximum Gasteiger partial charge on any atom is 0.416 e. The van der Waals surface area contributed by atoms with E-state index < -0.39 is 17.7 Å². The van der Waals surface area contributed by atoms with Gasteiger partial charge < -0.3 is 4.74 Å². The van der Waals surface area contributed by atoms with E-state index in [4.69, 9.17) is 4.74 Å². The first-order valence-corrected chi connectivity index (χ1v) is 11.3. The molecule has 0 spiro atoms. The summed E-state index contributed by atoms with van der Waals surface area (Å²) in [6, 6.07) is 13.3. The van der Waals surface area contributed by atoms with Crippen LogP contribution < -0.4 is 0 Å². The minimum atomic E-state index is -4.48. The van der Waals surface area contributed by atoms with Gasteiger partial charge in [-0.1, -0.05) is 42.5 Å². The average Bonchev–Trinajstić information content (AvgIpc) is 3.48. The molecular weight excluding hydrogens is 463 g/mol. The highest BCUT2D eigenvalue weighted by molar-refractivity contribution is 7.09. The molecule has 0 aliphatic rings. The zero-order valence-corrected chi connectivity index (χ0v) is 18.9. The summed E-state index contributed by atoms with van der Waals surface area (Å²) >= 11 is 1.31. The van der Waals surface area contributed by atoms with Gasteiger partial charge in [0.25, 0.3) is 0 Å². The highest BCUT2D eigenvalue weighted by atomic mass is 32.1. The van der Waals surface area contributed by atoms with Gasteiger partial charge in [-0.25, -0.2) is 9.78 Å². The molecule has 4 rings (SSSR count). The summed E-state index contributed by atoms with van der Waals surface area (Å²) in [5.74, 6) is -0.464. The number of rotatable bonds is 7. The van der Waals surface area contributed by atoms with Crippen molar-refractivity contribution in [2.45, 2.75) is 19.6 Å². The first kappa shape index (κ1) is 23.4. The molecule has 0 aliphatic heterocycles. The quantitative estimate of drug-likeness (QED) is 0.225. The van der Waals surface area contributed by atoms with Crippen molar-refractivity contribution in [2.75, 3.05) is 6.61 Å². The van der Waals surface area contributed by atoms with Crippen LogP contribution in [-0.2, 0) is 17.5 Å². The third kappa shape index (κ3) is 5.79. The first-order valence-electron chi connectivity index (χ1n) is 10.4. The standard InChI is InChI=1S/C25H20F3N3O2S/c1-2-33-24(32)20-13-29-31(14-20)15-23-30-22(16-34-23)19-10-18(11-21(12-19)25(26,27)28)9-8-17-6-4-3-5-7-17/h3-14,16H,2,15H2,1H3/b9-8+. The van der Waals surface area contributed by atoms with Gasteiger partial charge in [-0.05, 0) is 36.2 Å². The van der Waals surface area contributed by atoms with E-state index in [1.165, 1.54) is 22.2 Å². The number of nitrogens with zero attached hydrogens (tertiary/aromatic N) is 3. The summed E-state index contributed by atoms with van der Waals surface area (Å²) in [6.45, 7) is 2.26. The predicted molar refractivity (Wildman–Crippen MR) is 125 cm³/mol. The van der Waals surface area contributed by atoms with Gasteiger partial charge >= 0.3 is 12.1 Å². The summed E-state index contributed by atoms with van der Waals surface area (Å²) in [6.07, 6.45) is 1.90. The van der Waals surface area contributed by atoms with Crippen molar-refractivity contribution in [2.24, 2.45) is 0 Å². The highest BCUT2D eigenvalue weighted by Crippen LogP contribution is 2.34. The second-order valence-electron chi connectivity index (χ2n) is 7.36. The Morgan fingerprint density at radius 3 is 2.62 bits per heavy atom. The van der Waals surface area contributed by atoms with Gasteiger partial charge in [0.1, 0.15) is 5.01 Å². The molecule has 34 heavy (non-hydrogen) atoms. The first-order chi connectivity index (χ1) is 16.3. The van der Waals surface area contributed by atoms with Crippen molar-refractivity contribution in [1.29, 1.82) is 0 Å². The molecule has 4 aromatic rings. The Kier molecular flexibility index (Phi) is 6.93. The Hall–Kier alpha value is -3.72. The van der Waals surface area contributed by atoms with E-state index >= 15 is 0 Å². The molecule has 0 amide bonds. The smallest absolute Gasteiger partial charge is 0.416 e. The third-order valence-corrected chi connectivity index (χ3v) is 5.67. The molecule has 5 nitrogen and oxygen atoms in total. The number of carbonyl (C=O) groups is 1. The molecule has 2 aromatic carbocycles. The number of carbonyl (C=O) groups excluding carboxylic acids is 1. The number of hydrogen-bond acceptors (Lipinski definition) is 5. The van der Waals surface area contributed by atoms with Gasteiger partial charge in [0.15, 0.2) is 0 Å². The number of benzene rings is 2. The lowest BCUT2D eigenvalue weighted by Gasteiger charge is -2.10. The van der Waals surface area contributed by atoms with Crippen LogP contribution in [0.15, 0.2) is 66.3 Å². The zero-order valence-electron chi connectivity index (χ0n) is 18.1. The molecule has 0 N–H and O–H groups in total. The molecule has 0 fully saturated rings. The van der Waals surface area contributed by atoms with Gasteiger partial charge in [-0.15, -0.1) is 11.3 Å². The lowest BCUT2D eigenvalue weighted by molar-refractivity contribution is -0.137. The SMILES string of the molecule is CCOC(=O)c1cnn(Cc2nc(-c3cc(/C=C/c4ccccc4)cc(C(F)(F)F)c3)cs2)c1. The second-order valence-corrected chi connectivity index (χ2v) is 8.30. The van der Waals surface area contributed by atoms with E-state index in [2.05, 4.69) is 10.1 Å². The maximum absolute atomic E-state index is 13.6. The van der Waals surface area contributed by atoms with Crippen LogP contribution in [0.1, 0.15) is 39.0 Å². The van der Waals surface area contributed by atoms with E-state index in [1.807, 2.05) is 30.3 Å². The highest BCUT2D eigenvalue weighted by Gasteiger charge is 2.31. The normalized spacial score (nSPS) is 11.8. The van der Waals surface area contributed by atoms with E-state index in [-0.39, 0.29) is 13.2 Å². The minimum Gasteiger partial charge on any atom is -0.462 e. The summed E-state index contributed by atoms with van der Waals surface area (Å²) in [5.41, 5.74) is 1.72. The van der Waals surface area contributed by atoms with E-state index in [0.29, 0.717) is 27.4 Å². The largest absolute Gasteiger partial charge is 0.462 e. The van der Waals surface area contributed by atoms with Crippen LogP contribution in [0, 0.1) is 0 Å². The van der Waals surface area contributed by atoms with Gasteiger partial charge in [0, 0.05) is 17.1 Å². The lowest BCUT2D eigenvalue weighted by atomic mass is 10.0. The summed E-state index contributed by atoms with van der Waals surface area (Å²) < 4.78 is 47.1. The Balaban J connectivity index is 1.59. The van der Waals surface area contributed by atoms with E-state index in [0.717, 1.165) is 17.7 Å². The Bertz CT molecular complexity index is 1310. The fraction of sp³-hybridized carbons (Fsp3) is 0.160. The summed E-state index contributed by atoms with van der Waals surface area (Å²) in [4.78, 5) is 16.3. The van der Waals surface area contributed by atoms with Crippen LogP contribution in [0.5, 0.6) is 0 Å². The molecule has 0 bridgehead atoms. The van der Waals surface area contributed by atoms with Crippen LogP contribution >= 0.6 is 11.3 Å². The van der Waals surface area contributed by atoms with Crippen LogP contribution in [0.3, 0.4) is 0 Å². The zero-order chi connectivity index (χ0) is 24.1. The van der Waals surface area contributed by atoms with E-state index in [9.17, 15) is 18.0 Å². The van der Waals surface area contributed by atoms with Gasteiger partial charge in [0.05, 0.1) is 36.2 Å². The Morgan fingerprint density at radius 2 is 1.88 bits per heavy atom. The minimum absolute atomic E-state index is 0.263. The topological polar surface area (TPSA) is 57.0 Å². The van der Waals surface area contributed by atoms with Crippen LogP contribution in [0.2, 0.25) is 0 Å². The van der Waals surface area contributed by atoms with Crippen molar-refractivity contribution in [1.82, 2.24) is 14.8 Å². The Labute approximate surface area is 198 Å². The number of ether oxygens (including phenoxy) is 1. The van der Waals surface area contributed by atoms with Crippen LogP contribution in [0.4, 0.5) is 13.2 Å². The maximum atomic E-state index is 13.6. The average molecular weight is 484 g/mol. The molecule has 174 valence electrons. The van der Waals surface area contributed by atoms with Crippen molar-refractivity contribution < 1.29 is 22.7 Å². The van der Waals surface area contributed by atoms with Crippen molar-refractivity contribution in [3.05, 3.63) is 93.6 Å². The number of thiazole rings is 1.